The summed E-state index contributed by atoms with van der Waals surface area (Å²) in [6, 6.07) is 0. The lowest BCUT2D eigenvalue weighted by Crippen LogP contribution is -2.62. The molecule has 0 aromatic rings. The second-order valence-electron chi connectivity index (χ2n) is 11.6. The molecule has 0 bridgehead atoms. The van der Waals surface area contributed by atoms with Crippen LogP contribution in [0.25, 0.3) is 0 Å². The molecule has 0 aromatic heterocycles. The summed E-state index contributed by atoms with van der Waals surface area (Å²) in [5, 5.41) is 0.110. The van der Waals surface area contributed by atoms with Crippen LogP contribution in [-0.2, 0) is 14.3 Å². The molecular formula is C30H55NO4S. The second-order valence-corrected chi connectivity index (χ2v) is 12.8. The third-order valence-electron chi connectivity index (χ3n) is 6.49. The smallest absolute Gasteiger partial charge is 0.410 e. The molecule has 1 aliphatic rings. The summed E-state index contributed by atoms with van der Waals surface area (Å²) in [7, 11) is 0. The molecule has 0 N–H and O–H groups in total. The molecule has 1 aliphatic heterocycles. The van der Waals surface area contributed by atoms with Crippen LogP contribution in [0, 0.1) is 5.41 Å². The molecule has 1 fully saturated rings. The summed E-state index contributed by atoms with van der Waals surface area (Å²) >= 11 is 1.33. The van der Waals surface area contributed by atoms with Crippen LogP contribution < -0.4 is 0 Å². The van der Waals surface area contributed by atoms with Crippen LogP contribution in [0.4, 0.5) is 4.79 Å². The van der Waals surface area contributed by atoms with E-state index < -0.39 is 5.60 Å². The van der Waals surface area contributed by atoms with E-state index in [-0.39, 0.29) is 16.6 Å². The van der Waals surface area contributed by atoms with E-state index in [1.807, 2.05) is 20.8 Å². The highest BCUT2D eigenvalue weighted by Gasteiger charge is 2.47. The molecule has 0 saturated carbocycles. The number of rotatable bonds is 20. The van der Waals surface area contributed by atoms with E-state index in [9.17, 15) is 9.59 Å². The fraction of sp³-hybridized carbons (Fsp3) is 0.867. The van der Waals surface area contributed by atoms with Crippen LogP contribution in [0.5, 0.6) is 0 Å². The minimum atomic E-state index is -0.496. The maximum atomic E-state index is 12.3. The van der Waals surface area contributed by atoms with Crippen LogP contribution in [0.3, 0.4) is 0 Å². The fourth-order valence-corrected chi connectivity index (χ4v) is 5.21. The summed E-state index contributed by atoms with van der Waals surface area (Å²) in [6.07, 6.45) is 22.7. The van der Waals surface area contributed by atoms with Crippen molar-refractivity contribution in [1.82, 2.24) is 4.90 Å². The van der Waals surface area contributed by atoms with Crippen LogP contribution in [0.1, 0.15) is 125 Å². The molecule has 0 unspecified atom stereocenters. The van der Waals surface area contributed by atoms with Gasteiger partial charge in [0.25, 0.3) is 0 Å². The van der Waals surface area contributed by atoms with Crippen LogP contribution in [0.2, 0.25) is 0 Å². The number of allylic oxidation sites excluding steroid dienone is 2. The summed E-state index contributed by atoms with van der Waals surface area (Å²) < 4.78 is 11.5. The Kier molecular flexibility index (Phi) is 17.5. The van der Waals surface area contributed by atoms with Gasteiger partial charge in [-0.1, -0.05) is 88.6 Å². The number of thioether (sulfide) groups is 1. The van der Waals surface area contributed by atoms with Gasteiger partial charge in [-0.15, -0.1) is 0 Å². The van der Waals surface area contributed by atoms with E-state index >= 15 is 0 Å². The van der Waals surface area contributed by atoms with Crippen molar-refractivity contribution in [3.63, 3.8) is 0 Å². The highest BCUT2D eigenvalue weighted by Crippen LogP contribution is 2.35. The third kappa shape index (κ3) is 16.7. The molecule has 36 heavy (non-hydrogen) atoms. The molecular weight excluding hydrogens is 470 g/mol. The number of hydrogen-bond donors (Lipinski definition) is 0. The molecule has 1 saturated heterocycles. The fourth-order valence-electron chi connectivity index (χ4n) is 4.44. The molecule has 0 spiro atoms. The first-order chi connectivity index (χ1) is 17.2. The second kappa shape index (κ2) is 19.1. The lowest BCUT2D eigenvalue weighted by atomic mass is 9.83. The zero-order valence-corrected chi connectivity index (χ0v) is 24.9. The van der Waals surface area contributed by atoms with Crippen LogP contribution in [-0.4, -0.2) is 53.8 Å². The van der Waals surface area contributed by atoms with Crippen LogP contribution >= 0.6 is 11.8 Å². The number of hydrogen-bond acceptors (Lipinski definition) is 5. The minimum absolute atomic E-state index is 0.110. The number of unbranched alkanes of at least 4 members (excludes halogenated alkanes) is 12. The van der Waals surface area contributed by atoms with Crippen LogP contribution in [0.15, 0.2) is 12.2 Å². The Balaban J connectivity index is 2.05. The Bertz CT molecular complexity index is 623. The van der Waals surface area contributed by atoms with Gasteiger partial charge in [-0.2, -0.15) is 0 Å². The van der Waals surface area contributed by atoms with Gasteiger partial charge in [-0.05, 0) is 52.9 Å². The largest absolute Gasteiger partial charge is 0.444 e. The van der Waals surface area contributed by atoms with E-state index in [1.165, 1.54) is 95.2 Å². The average molecular weight is 526 g/mol. The van der Waals surface area contributed by atoms with Gasteiger partial charge in [0.05, 0.1) is 6.61 Å². The highest BCUT2D eigenvalue weighted by atomic mass is 32.2. The van der Waals surface area contributed by atoms with Crippen molar-refractivity contribution < 1.29 is 19.1 Å². The van der Waals surface area contributed by atoms with Crippen molar-refractivity contribution in [2.24, 2.45) is 5.41 Å². The first kappa shape index (κ1) is 33.0. The Morgan fingerprint density at radius 2 is 1.39 bits per heavy atom. The molecule has 5 nitrogen and oxygen atoms in total. The Morgan fingerprint density at radius 3 is 1.92 bits per heavy atom. The number of likely N-dealkylation sites (tertiary alicyclic amines) is 1. The number of nitrogens with zero attached hydrogens (tertiary/aromatic N) is 1. The summed E-state index contributed by atoms with van der Waals surface area (Å²) in [4.78, 5) is 25.5. The van der Waals surface area contributed by atoms with Gasteiger partial charge in [0.15, 0.2) is 5.12 Å². The van der Waals surface area contributed by atoms with Crippen molar-refractivity contribution in [2.75, 3.05) is 32.1 Å². The number of ether oxygens (including phenoxy) is 2. The summed E-state index contributed by atoms with van der Waals surface area (Å²) in [6.45, 7) is 12.0. The Hall–Kier alpha value is -1.01. The van der Waals surface area contributed by atoms with Crippen molar-refractivity contribution in [2.45, 2.75) is 130 Å². The van der Waals surface area contributed by atoms with E-state index in [4.69, 9.17) is 9.47 Å². The van der Waals surface area contributed by atoms with Gasteiger partial charge < -0.3 is 14.4 Å². The summed E-state index contributed by atoms with van der Waals surface area (Å²) in [5.74, 6) is 0.690. The first-order valence-corrected chi connectivity index (χ1v) is 15.5. The molecule has 210 valence electrons. The maximum absolute atomic E-state index is 12.3. The first-order valence-electron chi connectivity index (χ1n) is 14.5. The molecule has 1 heterocycles. The van der Waals surface area contributed by atoms with E-state index in [0.29, 0.717) is 25.4 Å². The maximum Gasteiger partial charge on any atom is 0.410 e. The number of carbonyl (C=O) groups is 2. The van der Waals surface area contributed by atoms with Gasteiger partial charge in [0.2, 0.25) is 0 Å². The Morgan fingerprint density at radius 1 is 0.861 bits per heavy atom. The summed E-state index contributed by atoms with van der Waals surface area (Å²) in [5.41, 5.74) is -0.639. The van der Waals surface area contributed by atoms with Crippen molar-refractivity contribution >= 4 is 23.0 Å². The molecule has 1 amide bonds. The lowest BCUT2D eigenvalue weighted by molar-refractivity contribution is -0.109. The zero-order chi connectivity index (χ0) is 26.7. The van der Waals surface area contributed by atoms with Gasteiger partial charge in [-0.25, -0.2) is 4.79 Å². The number of amides is 1. The quantitative estimate of drug-likeness (QED) is 0.118. The third-order valence-corrected chi connectivity index (χ3v) is 7.66. The number of carbonyl (C=O) groups excluding carboxylic acids is 2. The SMILES string of the molecule is CCCCCCCC/C=C\CCCCCCCCOCC1(CSC(C)=O)CN(C(=O)OC(C)(C)C)C1. The topological polar surface area (TPSA) is 55.8 Å². The standard InChI is InChI=1S/C30H55NO4S/c1-6-7-8-9-10-11-12-13-14-15-16-17-18-19-20-21-22-34-25-30(26-36-27(2)32)23-31(24-30)28(33)35-29(3,4)5/h13-14H,6-12,15-26H2,1-5H3/b14-13-. The molecule has 1 rings (SSSR count). The molecule has 0 aliphatic carbocycles. The predicted octanol–water partition coefficient (Wildman–Crippen LogP) is 8.56. The van der Waals surface area contributed by atoms with Gasteiger partial charge in [-0.3, -0.25) is 4.79 Å². The van der Waals surface area contributed by atoms with Crippen molar-refractivity contribution in [1.29, 1.82) is 0 Å². The van der Waals surface area contributed by atoms with E-state index in [0.717, 1.165) is 13.0 Å². The van der Waals surface area contributed by atoms with Gasteiger partial charge in [0.1, 0.15) is 5.60 Å². The molecule has 0 radical (unpaired) electrons. The normalized spacial score (nSPS) is 15.3. The van der Waals surface area contributed by atoms with Gasteiger partial charge >= 0.3 is 6.09 Å². The average Bonchev–Trinajstić information content (AvgIpc) is 2.77. The monoisotopic (exact) mass is 525 g/mol. The van der Waals surface area contributed by atoms with Gasteiger partial charge in [0, 0.05) is 37.8 Å². The molecule has 0 atom stereocenters. The van der Waals surface area contributed by atoms with Crippen molar-refractivity contribution in [3.8, 4) is 0 Å². The predicted molar refractivity (Wildman–Crippen MR) is 154 cm³/mol. The zero-order valence-electron chi connectivity index (χ0n) is 24.1. The van der Waals surface area contributed by atoms with E-state index in [1.54, 1.807) is 11.8 Å². The molecule has 0 aromatic carbocycles. The van der Waals surface area contributed by atoms with Crippen molar-refractivity contribution in [3.05, 3.63) is 12.2 Å². The van der Waals surface area contributed by atoms with E-state index in [2.05, 4.69) is 19.1 Å². The minimum Gasteiger partial charge on any atom is -0.444 e. The highest BCUT2D eigenvalue weighted by molar-refractivity contribution is 8.13. The lowest BCUT2D eigenvalue weighted by Gasteiger charge is -2.49. The molecule has 6 heteroatoms. The Labute approximate surface area is 226 Å².